The lowest BCUT2D eigenvalue weighted by atomic mass is 10.2. The fraction of sp³-hybridized carbons (Fsp3) is 0.600. The number of piperazine rings is 1. The van der Waals surface area contributed by atoms with Crippen molar-refractivity contribution in [2.75, 3.05) is 57.8 Å². The van der Waals surface area contributed by atoms with E-state index >= 15 is 0 Å². The standard InChI is InChI=1S/C20H33N5O2/c1-5-21-20(23-11-10-22-19(26)16(2)3)25-14-12-24(13-15-25)17-6-8-18(27-4)9-7-17/h6-9,16H,5,10-15H2,1-4H3,(H,21,23)(H,22,26). The number of amides is 1. The summed E-state index contributed by atoms with van der Waals surface area (Å²) in [5.41, 5.74) is 1.22. The molecule has 7 heteroatoms. The van der Waals surface area contributed by atoms with E-state index in [1.807, 2.05) is 26.0 Å². The minimum atomic E-state index is 0.00764. The zero-order chi connectivity index (χ0) is 19.6. The number of hydrogen-bond acceptors (Lipinski definition) is 4. The number of ether oxygens (including phenoxy) is 1. The molecule has 1 heterocycles. The Hall–Kier alpha value is -2.44. The van der Waals surface area contributed by atoms with Crippen LogP contribution in [0.1, 0.15) is 20.8 Å². The van der Waals surface area contributed by atoms with Crippen LogP contribution in [0.2, 0.25) is 0 Å². The number of nitrogens with one attached hydrogen (secondary N) is 2. The predicted molar refractivity (Wildman–Crippen MR) is 111 cm³/mol. The summed E-state index contributed by atoms with van der Waals surface area (Å²) in [6.45, 7) is 11.6. The third-order valence-electron chi connectivity index (χ3n) is 4.55. The first-order chi connectivity index (χ1) is 13.0. The fourth-order valence-electron chi connectivity index (χ4n) is 2.94. The van der Waals surface area contributed by atoms with Gasteiger partial charge in [0.1, 0.15) is 5.75 Å². The van der Waals surface area contributed by atoms with Gasteiger partial charge >= 0.3 is 0 Å². The molecule has 1 amide bonds. The number of anilines is 1. The maximum atomic E-state index is 11.6. The SMILES string of the molecule is CCNC(=NCCNC(=O)C(C)C)N1CCN(c2ccc(OC)cc2)CC1. The molecular formula is C20H33N5O2. The molecule has 7 nitrogen and oxygen atoms in total. The third kappa shape index (κ3) is 6.34. The maximum absolute atomic E-state index is 11.6. The topological polar surface area (TPSA) is 69.2 Å². The van der Waals surface area contributed by atoms with E-state index in [9.17, 15) is 4.79 Å². The van der Waals surface area contributed by atoms with Gasteiger partial charge in [-0.2, -0.15) is 0 Å². The van der Waals surface area contributed by atoms with Gasteiger partial charge in [0.15, 0.2) is 5.96 Å². The van der Waals surface area contributed by atoms with E-state index < -0.39 is 0 Å². The van der Waals surface area contributed by atoms with Crippen LogP contribution in [0.4, 0.5) is 5.69 Å². The fourth-order valence-corrected chi connectivity index (χ4v) is 2.94. The summed E-state index contributed by atoms with van der Waals surface area (Å²) < 4.78 is 5.23. The molecule has 0 unspecified atom stereocenters. The van der Waals surface area contributed by atoms with Crippen LogP contribution in [0.15, 0.2) is 29.3 Å². The molecule has 0 bridgehead atoms. The number of benzene rings is 1. The molecule has 27 heavy (non-hydrogen) atoms. The smallest absolute Gasteiger partial charge is 0.222 e. The van der Waals surface area contributed by atoms with Crippen molar-refractivity contribution >= 4 is 17.6 Å². The number of nitrogens with zero attached hydrogens (tertiary/aromatic N) is 3. The number of aliphatic imine (C=N–C) groups is 1. The van der Waals surface area contributed by atoms with E-state index in [2.05, 4.69) is 44.5 Å². The highest BCUT2D eigenvalue weighted by Gasteiger charge is 2.19. The van der Waals surface area contributed by atoms with Crippen LogP contribution >= 0.6 is 0 Å². The van der Waals surface area contributed by atoms with Gasteiger partial charge in [-0.1, -0.05) is 13.8 Å². The summed E-state index contributed by atoms with van der Waals surface area (Å²) in [5, 5.41) is 6.27. The molecule has 0 atom stereocenters. The number of carbonyl (C=O) groups excluding carboxylic acids is 1. The first-order valence-electron chi connectivity index (χ1n) is 9.75. The number of hydrogen-bond donors (Lipinski definition) is 2. The van der Waals surface area contributed by atoms with Crippen molar-refractivity contribution in [3.8, 4) is 5.75 Å². The monoisotopic (exact) mass is 375 g/mol. The Balaban J connectivity index is 1.86. The average molecular weight is 376 g/mol. The van der Waals surface area contributed by atoms with Crippen LogP contribution in [-0.4, -0.2) is 69.7 Å². The van der Waals surface area contributed by atoms with Gasteiger partial charge in [0.25, 0.3) is 0 Å². The van der Waals surface area contributed by atoms with Crippen LogP contribution in [0.5, 0.6) is 5.75 Å². The molecule has 0 saturated carbocycles. The Bertz CT molecular complexity index is 607. The van der Waals surface area contributed by atoms with E-state index in [0.29, 0.717) is 13.1 Å². The molecule has 0 aliphatic carbocycles. The Kier molecular flexibility index (Phi) is 8.23. The summed E-state index contributed by atoms with van der Waals surface area (Å²) in [6, 6.07) is 8.20. The molecular weight excluding hydrogens is 342 g/mol. The second kappa shape index (κ2) is 10.6. The van der Waals surface area contributed by atoms with Crippen molar-refractivity contribution in [3.63, 3.8) is 0 Å². The van der Waals surface area contributed by atoms with Gasteiger partial charge < -0.3 is 25.2 Å². The molecule has 1 aliphatic heterocycles. The number of rotatable bonds is 7. The Morgan fingerprint density at radius 3 is 2.37 bits per heavy atom. The Morgan fingerprint density at radius 2 is 1.81 bits per heavy atom. The van der Waals surface area contributed by atoms with Gasteiger partial charge in [-0.05, 0) is 31.2 Å². The molecule has 1 aliphatic rings. The molecule has 1 fully saturated rings. The van der Waals surface area contributed by atoms with Gasteiger partial charge in [-0.25, -0.2) is 0 Å². The average Bonchev–Trinajstić information content (AvgIpc) is 2.70. The quantitative estimate of drug-likeness (QED) is 0.430. The predicted octanol–water partition coefficient (Wildman–Crippen LogP) is 1.55. The summed E-state index contributed by atoms with van der Waals surface area (Å²) in [5.74, 6) is 1.88. The lowest BCUT2D eigenvalue weighted by molar-refractivity contribution is -0.123. The van der Waals surface area contributed by atoms with E-state index in [-0.39, 0.29) is 11.8 Å². The van der Waals surface area contributed by atoms with Gasteiger partial charge in [0.2, 0.25) is 5.91 Å². The summed E-state index contributed by atoms with van der Waals surface area (Å²) in [6.07, 6.45) is 0. The van der Waals surface area contributed by atoms with Crippen molar-refractivity contribution < 1.29 is 9.53 Å². The van der Waals surface area contributed by atoms with Crippen LogP contribution < -0.4 is 20.3 Å². The molecule has 150 valence electrons. The Labute approximate surface area is 162 Å². The second-order valence-corrected chi connectivity index (χ2v) is 6.85. The van der Waals surface area contributed by atoms with Gasteiger partial charge in [0, 0.05) is 50.9 Å². The van der Waals surface area contributed by atoms with Crippen molar-refractivity contribution in [1.82, 2.24) is 15.5 Å². The first kappa shape index (κ1) is 20.9. The number of methoxy groups -OCH3 is 1. The first-order valence-corrected chi connectivity index (χ1v) is 9.75. The number of guanidine groups is 1. The maximum Gasteiger partial charge on any atom is 0.222 e. The highest BCUT2D eigenvalue weighted by Crippen LogP contribution is 2.20. The lowest BCUT2D eigenvalue weighted by Crippen LogP contribution is -2.52. The molecule has 1 saturated heterocycles. The van der Waals surface area contributed by atoms with Crippen molar-refractivity contribution in [2.24, 2.45) is 10.9 Å². The second-order valence-electron chi connectivity index (χ2n) is 6.85. The van der Waals surface area contributed by atoms with Gasteiger partial charge in [-0.3, -0.25) is 9.79 Å². The highest BCUT2D eigenvalue weighted by molar-refractivity contribution is 5.80. The van der Waals surface area contributed by atoms with E-state index in [1.54, 1.807) is 7.11 Å². The van der Waals surface area contributed by atoms with Crippen LogP contribution in [0.25, 0.3) is 0 Å². The van der Waals surface area contributed by atoms with Crippen LogP contribution in [0, 0.1) is 5.92 Å². The van der Waals surface area contributed by atoms with Gasteiger partial charge in [-0.15, -0.1) is 0 Å². The molecule has 1 aromatic rings. The van der Waals surface area contributed by atoms with E-state index in [1.165, 1.54) is 5.69 Å². The highest BCUT2D eigenvalue weighted by atomic mass is 16.5. The van der Waals surface area contributed by atoms with Gasteiger partial charge in [0.05, 0.1) is 13.7 Å². The Morgan fingerprint density at radius 1 is 1.15 bits per heavy atom. The van der Waals surface area contributed by atoms with Crippen molar-refractivity contribution in [3.05, 3.63) is 24.3 Å². The summed E-state index contributed by atoms with van der Waals surface area (Å²) in [4.78, 5) is 21.0. The molecule has 0 aromatic heterocycles. The lowest BCUT2D eigenvalue weighted by Gasteiger charge is -2.37. The summed E-state index contributed by atoms with van der Waals surface area (Å²) in [7, 11) is 1.68. The van der Waals surface area contributed by atoms with E-state index in [4.69, 9.17) is 4.74 Å². The van der Waals surface area contributed by atoms with Crippen molar-refractivity contribution in [1.29, 1.82) is 0 Å². The molecule has 0 radical (unpaired) electrons. The molecule has 2 N–H and O–H groups in total. The third-order valence-corrected chi connectivity index (χ3v) is 4.55. The zero-order valence-electron chi connectivity index (χ0n) is 17.0. The molecule has 0 spiro atoms. The summed E-state index contributed by atoms with van der Waals surface area (Å²) >= 11 is 0. The largest absolute Gasteiger partial charge is 0.497 e. The molecule has 1 aromatic carbocycles. The van der Waals surface area contributed by atoms with Crippen molar-refractivity contribution in [2.45, 2.75) is 20.8 Å². The minimum Gasteiger partial charge on any atom is -0.497 e. The number of carbonyl (C=O) groups is 1. The zero-order valence-corrected chi connectivity index (χ0v) is 17.0. The van der Waals surface area contributed by atoms with Crippen LogP contribution in [-0.2, 0) is 4.79 Å². The normalized spacial score (nSPS) is 15.1. The van der Waals surface area contributed by atoms with Crippen LogP contribution in [0.3, 0.4) is 0 Å². The minimum absolute atomic E-state index is 0.00764. The molecule has 2 rings (SSSR count). The van der Waals surface area contributed by atoms with E-state index in [0.717, 1.165) is 44.4 Å².